The molecule has 1 amide bonds. The SMILES string of the molecule is C=C(F)C(=O)N1CCN(c2nc(OC)nc3c(C(F)F)c(-c4cccc5cccc(Cl)c45)cnc23)CC1. The van der Waals surface area contributed by atoms with Gasteiger partial charge < -0.3 is 14.5 Å². The van der Waals surface area contributed by atoms with Crippen LogP contribution < -0.4 is 9.64 Å². The largest absolute Gasteiger partial charge is 0.467 e. The first kappa shape index (κ1) is 24.8. The summed E-state index contributed by atoms with van der Waals surface area (Å²) in [6.07, 6.45) is -1.51. The van der Waals surface area contributed by atoms with Crippen LogP contribution in [0.15, 0.2) is 55.0 Å². The quantitative estimate of drug-likeness (QED) is 0.316. The average molecular weight is 528 g/mol. The predicted molar refractivity (Wildman–Crippen MR) is 136 cm³/mol. The lowest BCUT2D eigenvalue weighted by molar-refractivity contribution is -0.128. The van der Waals surface area contributed by atoms with Gasteiger partial charge in [0.1, 0.15) is 11.0 Å². The summed E-state index contributed by atoms with van der Waals surface area (Å²) < 4.78 is 48.0. The molecule has 1 saturated heterocycles. The van der Waals surface area contributed by atoms with E-state index in [0.717, 1.165) is 5.39 Å². The highest BCUT2D eigenvalue weighted by molar-refractivity contribution is 6.36. The summed E-state index contributed by atoms with van der Waals surface area (Å²) in [7, 11) is 1.35. The standard InChI is InChI=1S/C26H21ClF3N5O2/c1-14(28)25(36)35-11-9-34(10-12-35)24-22-21(32-26(33-24)37-2)20(23(29)30)17(13-31-22)16-7-3-5-15-6-4-8-18(27)19(15)16/h3-8,13,23H,1,9-12H2,2H3. The summed E-state index contributed by atoms with van der Waals surface area (Å²) in [6, 6.07) is 10.6. The smallest absolute Gasteiger partial charge is 0.318 e. The normalized spacial score (nSPS) is 14.0. The van der Waals surface area contributed by atoms with Crippen LogP contribution >= 0.6 is 11.6 Å². The van der Waals surface area contributed by atoms with Crippen LogP contribution in [0.25, 0.3) is 32.9 Å². The Bertz CT molecular complexity index is 1530. The number of ether oxygens (including phenoxy) is 1. The zero-order valence-corrected chi connectivity index (χ0v) is 20.5. The molecule has 1 fully saturated rings. The van der Waals surface area contributed by atoms with E-state index < -0.39 is 18.2 Å². The van der Waals surface area contributed by atoms with Gasteiger partial charge >= 0.3 is 6.01 Å². The Balaban J connectivity index is 1.67. The van der Waals surface area contributed by atoms with E-state index in [2.05, 4.69) is 21.5 Å². The number of carbonyl (C=O) groups is 1. The van der Waals surface area contributed by atoms with Gasteiger partial charge in [-0.3, -0.25) is 9.78 Å². The number of methoxy groups -OCH3 is 1. The number of fused-ring (bicyclic) bond motifs is 2. The summed E-state index contributed by atoms with van der Waals surface area (Å²) in [4.78, 5) is 28.2. The second-order valence-electron chi connectivity index (χ2n) is 8.45. The highest BCUT2D eigenvalue weighted by Gasteiger charge is 2.29. The fraction of sp³-hybridized carbons (Fsp3) is 0.231. The Kier molecular flexibility index (Phi) is 6.59. The number of carbonyl (C=O) groups excluding carboxylic acids is 1. The van der Waals surface area contributed by atoms with E-state index in [-0.39, 0.29) is 60.2 Å². The van der Waals surface area contributed by atoms with Gasteiger partial charge in [0.05, 0.1) is 12.7 Å². The first-order valence-corrected chi connectivity index (χ1v) is 11.8. The van der Waals surface area contributed by atoms with Crippen LogP contribution in [0.5, 0.6) is 6.01 Å². The molecular formula is C26H21ClF3N5O2. The van der Waals surface area contributed by atoms with E-state index in [9.17, 15) is 18.0 Å². The molecule has 1 aliphatic heterocycles. The molecule has 1 aliphatic rings. The van der Waals surface area contributed by atoms with Crippen molar-refractivity contribution in [2.24, 2.45) is 0 Å². The summed E-state index contributed by atoms with van der Waals surface area (Å²) in [5, 5.41) is 1.86. The molecule has 2 aromatic heterocycles. The molecule has 0 radical (unpaired) electrons. The first-order valence-electron chi connectivity index (χ1n) is 11.4. The van der Waals surface area contributed by atoms with Gasteiger partial charge in [-0.1, -0.05) is 48.5 Å². The first-order chi connectivity index (χ1) is 17.8. The number of benzene rings is 2. The lowest BCUT2D eigenvalue weighted by Crippen LogP contribution is -2.49. The molecule has 11 heteroatoms. The van der Waals surface area contributed by atoms with Crippen molar-refractivity contribution in [3.63, 3.8) is 0 Å². The number of nitrogens with zero attached hydrogens (tertiary/aromatic N) is 5. The number of amides is 1. The number of rotatable bonds is 5. The van der Waals surface area contributed by atoms with E-state index >= 15 is 0 Å². The third-order valence-electron chi connectivity index (χ3n) is 6.36. The van der Waals surface area contributed by atoms with Crippen molar-refractivity contribution < 1.29 is 22.7 Å². The number of pyridine rings is 1. The molecule has 3 heterocycles. The van der Waals surface area contributed by atoms with Crippen molar-refractivity contribution in [3.05, 3.63) is 65.6 Å². The lowest BCUT2D eigenvalue weighted by Gasteiger charge is -2.35. The Labute approximate surface area is 215 Å². The van der Waals surface area contributed by atoms with E-state index in [4.69, 9.17) is 16.3 Å². The molecule has 2 aromatic carbocycles. The molecule has 0 bridgehead atoms. The van der Waals surface area contributed by atoms with E-state index in [1.165, 1.54) is 18.2 Å². The minimum atomic E-state index is -2.89. The summed E-state index contributed by atoms with van der Waals surface area (Å²) in [5.74, 6) is -1.52. The highest BCUT2D eigenvalue weighted by atomic mass is 35.5. The number of aromatic nitrogens is 3. The van der Waals surface area contributed by atoms with Crippen molar-refractivity contribution in [3.8, 4) is 17.1 Å². The number of piperazine rings is 1. The second kappa shape index (κ2) is 9.85. The topological polar surface area (TPSA) is 71.5 Å². The molecular weight excluding hydrogens is 507 g/mol. The Morgan fingerprint density at radius 3 is 2.41 bits per heavy atom. The monoisotopic (exact) mass is 527 g/mol. The third-order valence-corrected chi connectivity index (χ3v) is 6.67. The Hall–Kier alpha value is -3.92. The summed E-state index contributed by atoms with van der Waals surface area (Å²) in [5.41, 5.74) is 0.507. The Morgan fingerprint density at radius 1 is 1.05 bits per heavy atom. The zero-order valence-electron chi connectivity index (χ0n) is 19.7. The summed E-state index contributed by atoms with van der Waals surface area (Å²) >= 11 is 6.47. The van der Waals surface area contributed by atoms with Crippen LogP contribution in [0, 0.1) is 0 Å². The number of anilines is 1. The molecule has 37 heavy (non-hydrogen) atoms. The van der Waals surface area contributed by atoms with Crippen LogP contribution in [0.1, 0.15) is 12.0 Å². The molecule has 0 unspecified atom stereocenters. The van der Waals surface area contributed by atoms with Gasteiger partial charge in [-0.25, -0.2) is 13.2 Å². The molecule has 0 atom stereocenters. The van der Waals surface area contributed by atoms with Crippen LogP contribution in [-0.2, 0) is 4.79 Å². The van der Waals surface area contributed by atoms with Crippen molar-refractivity contribution >= 4 is 45.1 Å². The minimum Gasteiger partial charge on any atom is -0.467 e. The predicted octanol–water partition coefficient (Wildman–Crippen LogP) is 5.58. The number of hydrogen-bond acceptors (Lipinski definition) is 6. The minimum absolute atomic E-state index is 0.0472. The molecule has 190 valence electrons. The van der Waals surface area contributed by atoms with E-state index in [1.807, 2.05) is 12.1 Å². The number of hydrogen-bond donors (Lipinski definition) is 0. The molecule has 4 aromatic rings. The Morgan fingerprint density at radius 2 is 1.76 bits per heavy atom. The summed E-state index contributed by atoms with van der Waals surface area (Å²) in [6.45, 7) is 4.01. The number of alkyl halides is 2. The molecule has 7 nitrogen and oxygen atoms in total. The molecule has 0 N–H and O–H groups in total. The molecule has 0 aliphatic carbocycles. The maximum absolute atomic E-state index is 14.7. The zero-order chi connectivity index (χ0) is 26.3. The highest BCUT2D eigenvalue weighted by Crippen LogP contribution is 2.41. The third kappa shape index (κ3) is 4.42. The van der Waals surface area contributed by atoms with Crippen LogP contribution in [0.2, 0.25) is 5.02 Å². The van der Waals surface area contributed by atoms with Crippen molar-refractivity contribution in [1.82, 2.24) is 19.9 Å². The van der Waals surface area contributed by atoms with Crippen molar-refractivity contribution in [2.75, 3.05) is 38.2 Å². The van der Waals surface area contributed by atoms with Gasteiger partial charge in [0, 0.05) is 48.3 Å². The van der Waals surface area contributed by atoms with Gasteiger partial charge in [0.25, 0.3) is 12.3 Å². The fourth-order valence-corrected chi connectivity index (χ4v) is 4.90. The molecule has 0 saturated carbocycles. The van der Waals surface area contributed by atoms with Gasteiger partial charge in [-0.05, 0) is 17.0 Å². The maximum atomic E-state index is 14.7. The van der Waals surface area contributed by atoms with E-state index in [0.29, 0.717) is 16.0 Å². The van der Waals surface area contributed by atoms with Crippen LogP contribution in [-0.4, -0.2) is 59.0 Å². The van der Waals surface area contributed by atoms with Crippen molar-refractivity contribution in [2.45, 2.75) is 6.43 Å². The van der Waals surface area contributed by atoms with Gasteiger partial charge in [-0.15, -0.1) is 0 Å². The number of halogens is 4. The maximum Gasteiger partial charge on any atom is 0.318 e. The van der Waals surface area contributed by atoms with Crippen LogP contribution in [0.3, 0.4) is 0 Å². The fourth-order valence-electron chi connectivity index (χ4n) is 4.62. The van der Waals surface area contributed by atoms with Crippen molar-refractivity contribution in [1.29, 1.82) is 0 Å². The van der Waals surface area contributed by atoms with Gasteiger partial charge in [0.2, 0.25) is 0 Å². The second-order valence-corrected chi connectivity index (χ2v) is 8.85. The van der Waals surface area contributed by atoms with Gasteiger partial charge in [0.15, 0.2) is 11.6 Å². The lowest BCUT2D eigenvalue weighted by atomic mass is 9.95. The van der Waals surface area contributed by atoms with Gasteiger partial charge in [-0.2, -0.15) is 9.97 Å². The average Bonchev–Trinajstić information content (AvgIpc) is 2.91. The van der Waals surface area contributed by atoms with Crippen LogP contribution in [0.4, 0.5) is 19.0 Å². The van der Waals surface area contributed by atoms with E-state index in [1.54, 1.807) is 29.2 Å². The molecule has 0 spiro atoms. The molecule has 5 rings (SSSR count).